The molecule has 0 saturated heterocycles. The van der Waals surface area contributed by atoms with E-state index in [2.05, 4.69) is 15.3 Å². The molecule has 4 nitrogen and oxygen atoms in total. The minimum Gasteiger partial charge on any atom is -0.473 e. The molecule has 0 unspecified atom stereocenters. The van der Waals surface area contributed by atoms with Gasteiger partial charge in [0.2, 0.25) is 11.8 Å². The largest absolute Gasteiger partial charge is 0.473 e. The van der Waals surface area contributed by atoms with Crippen molar-refractivity contribution in [3.63, 3.8) is 0 Å². The lowest BCUT2D eigenvalue weighted by Crippen LogP contribution is -2.03. The van der Waals surface area contributed by atoms with Crippen LogP contribution in [0.1, 0.15) is 11.3 Å². The Balaban J connectivity index is 1.73. The highest BCUT2D eigenvalue weighted by atomic mass is 19.1. The molecule has 0 atom stereocenters. The molecule has 3 rings (SSSR count). The van der Waals surface area contributed by atoms with Crippen LogP contribution in [0.5, 0.6) is 5.88 Å². The van der Waals surface area contributed by atoms with E-state index in [1.54, 1.807) is 18.2 Å². The lowest BCUT2D eigenvalue weighted by Gasteiger charge is -2.09. The van der Waals surface area contributed by atoms with Gasteiger partial charge in [-0.1, -0.05) is 36.4 Å². The summed E-state index contributed by atoms with van der Waals surface area (Å²) < 4.78 is 18.9. The molecule has 2 aromatic carbocycles. The lowest BCUT2D eigenvalue weighted by molar-refractivity contribution is 0.293. The molecule has 0 fully saturated rings. The molecule has 0 amide bonds. The molecule has 5 heteroatoms. The second-order valence-corrected chi connectivity index (χ2v) is 5.08. The van der Waals surface area contributed by atoms with Gasteiger partial charge >= 0.3 is 0 Å². The third kappa shape index (κ3) is 4.26. The van der Waals surface area contributed by atoms with Crippen LogP contribution in [-0.4, -0.2) is 9.97 Å². The first-order valence-corrected chi connectivity index (χ1v) is 7.24. The molecule has 0 aliphatic heterocycles. The van der Waals surface area contributed by atoms with E-state index in [-0.39, 0.29) is 5.82 Å². The number of ether oxygens (including phenoxy) is 1. The number of halogens is 1. The maximum atomic E-state index is 13.2. The Morgan fingerprint density at radius 1 is 1.00 bits per heavy atom. The fourth-order valence-corrected chi connectivity index (χ4v) is 2.10. The van der Waals surface area contributed by atoms with Gasteiger partial charge in [-0.25, -0.2) is 9.37 Å². The molecular weight excluding hydrogens is 293 g/mol. The minimum atomic E-state index is -0.316. The summed E-state index contributed by atoms with van der Waals surface area (Å²) in [6, 6.07) is 17.8. The summed E-state index contributed by atoms with van der Waals surface area (Å²) in [7, 11) is 0. The van der Waals surface area contributed by atoms with Gasteiger partial charge in [-0.15, -0.1) is 0 Å². The zero-order chi connectivity index (χ0) is 16.1. The van der Waals surface area contributed by atoms with Crippen LogP contribution in [0.15, 0.2) is 60.7 Å². The van der Waals surface area contributed by atoms with Crippen molar-refractivity contribution in [1.29, 1.82) is 0 Å². The Labute approximate surface area is 134 Å². The number of hydrogen-bond acceptors (Lipinski definition) is 4. The van der Waals surface area contributed by atoms with E-state index in [1.807, 2.05) is 37.3 Å². The normalized spacial score (nSPS) is 10.3. The fraction of sp³-hybridized carbons (Fsp3) is 0.111. The third-order valence-electron chi connectivity index (χ3n) is 3.14. The Morgan fingerprint density at radius 3 is 2.61 bits per heavy atom. The van der Waals surface area contributed by atoms with Crippen molar-refractivity contribution >= 4 is 11.6 Å². The van der Waals surface area contributed by atoms with E-state index >= 15 is 0 Å². The number of hydrogen-bond donors (Lipinski definition) is 1. The molecule has 1 heterocycles. The minimum absolute atomic E-state index is 0.316. The standard InChI is InChI=1S/C18H16FN3O/c1-13-10-17(23-12-14-6-3-2-4-7-14)22-18(20-13)21-16-9-5-8-15(19)11-16/h2-11H,12H2,1H3,(H,20,21,22). The summed E-state index contributed by atoms with van der Waals surface area (Å²) in [5.74, 6) is 0.530. The molecule has 0 saturated carbocycles. The van der Waals surface area contributed by atoms with Crippen LogP contribution in [-0.2, 0) is 6.61 Å². The summed E-state index contributed by atoms with van der Waals surface area (Å²) in [4.78, 5) is 8.60. The Hall–Kier alpha value is -2.95. The van der Waals surface area contributed by atoms with Gasteiger partial charge in [0.05, 0.1) is 0 Å². The number of aromatic nitrogens is 2. The number of anilines is 2. The van der Waals surface area contributed by atoms with Gasteiger partial charge in [-0.2, -0.15) is 4.98 Å². The first-order valence-electron chi connectivity index (χ1n) is 7.24. The van der Waals surface area contributed by atoms with Gasteiger partial charge < -0.3 is 10.1 Å². The molecule has 3 aromatic rings. The Bertz CT molecular complexity index is 793. The second-order valence-electron chi connectivity index (χ2n) is 5.08. The van der Waals surface area contributed by atoms with Crippen LogP contribution < -0.4 is 10.1 Å². The van der Waals surface area contributed by atoms with Crippen molar-refractivity contribution in [3.8, 4) is 5.88 Å². The first-order chi connectivity index (χ1) is 11.2. The lowest BCUT2D eigenvalue weighted by atomic mass is 10.2. The van der Waals surface area contributed by atoms with E-state index in [9.17, 15) is 4.39 Å². The first kappa shape index (κ1) is 15.0. The summed E-state index contributed by atoms with van der Waals surface area (Å²) in [5, 5.41) is 2.98. The summed E-state index contributed by atoms with van der Waals surface area (Å²) in [5.41, 5.74) is 2.41. The maximum absolute atomic E-state index is 13.2. The SMILES string of the molecule is Cc1cc(OCc2ccccc2)nc(Nc2cccc(F)c2)n1. The molecule has 0 bridgehead atoms. The summed E-state index contributed by atoms with van der Waals surface area (Å²) in [6.45, 7) is 2.28. The predicted octanol–water partition coefficient (Wildman–Crippen LogP) is 4.25. The number of nitrogens with one attached hydrogen (secondary N) is 1. The highest BCUT2D eigenvalue weighted by Crippen LogP contribution is 2.18. The maximum Gasteiger partial charge on any atom is 0.230 e. The van der Waals surface area contributed by atoms with Gasteiger partial charge in [-0.3, -0.25) is 0 Å². The van der Waals surface area contributed by atoms with Crippen LogP contribution in [0.4, 0.5) is 16.0 Å². The number of aryl methyl sites for hydroxylation is 1. The highest BCUT2D eigenvalue weighted by molar-refractivity contribution is 5.53. The number of rotatable bonds is 5. The molecule has 0 radical (unpaired) electrons. The van der Waals surface area contributed by atoms with Crippen LogP contribution >= 0.6 is 0 Å². The highest BCUT2D eigenvalue weighted by Gasteiger charge is 2.05. The molecule has 0 aliphatic rings. The van der Waals surface area contributed by atoms with Crippen molar-refractivity contribution in [1.82, 2.24) is 9.97 Å². The molecule has 0 spiro atoms. The molecule has 0 aliphatic carbocycles. The van der Waals surface area contributed by atoms with E-state index in [0.717, 1.165) is 11.3 Å². The molecule has 1 N–H and O–H groups in total. The van der Waals surface area contributed by atoms with Crippen molar-refractivity contribution < 1.29 is 9.13 Å². The van der Waals surface area contributed by atoms with Gasteiger partial charge in [0.15, 0.2) is 0 Å². The van der Waals surface area contributed by atoms with Gasteiger partial charge in [0, 0.05) is 17.4 Å². The van der Waals surface area contributed by atoms with Crippen molar-refractivity contribution in [2.45, 2.75) is 13.5 Å². The second kappa shape index (κ2) is 6.87. The average Bonchev–Trinajstić information content (AvgIpc) is 2.53. The van der Waals surface area contributed by atoms with E-state index in [0.29, 0.717) is 24.1 Å². The quantitative estimate of drug-likeness (QED) is 0.765. The van der Waals surface area contributed by atoms with Crippen LogP contribution in [0, 0.1) is 12.7 Å². The van der Waals surface area contributed by atoms with Crippen LogP contribution in [0.3, 0.4) is 0 Å². The smallest absolute Gasteiger partial charge is 0.230 e. The van der Waals surface area contributed by atoms with Crippen molar-refractivity contribution in [3.05, 3.63) is 77.7 Å². The zero-order valence-corrected chi connectivity index (χ0v) is 12.7. The molecular formula is C18H16FN3O. The fourth-order valence-electron chi connectivity index (χ4n) is 2.10. The monoisotopic (exact) mass is 309 g/mol. The van der Waals surface area contributed by atoms with Gasteiger partial charge in [-0.05, 0) is 30.7 Å². The zero-order valence-electron chi connectivity index (χ0n) is 12.7. The van der Waals surface area contributed by atoms with E-state index in [1.165, 1.54) is 12.1 Å². The summed E-state index contributed by atoms with van der Waals surface area (Å²) in [6.07, 6.45) is 0. The Kier molecular flexibility index (Phi) is 4.47. The number of nitrogens with zero attached hydrogens (tertiary/aromatic N) is 2. The van der Waals surface area contributed by atoms with Crippen LogP contribution in [0.2, 0.25) is 0 Å². The van der Waals surface area contributed by atoms with Crippen LogP contribution in [0.25, 0.3) is 0 Å². The van der Waals surface area contributed by atoms with E-state index in [4.69, 9.17) is 4.74 Å². The van der Waals surface area contributed by atoms with Gasteiger partial charge in [0.25, 0.3) is 0 Å². The molecule has 1 aromatic heterocycles. The number of benzene rings is 2. The average molecular weight is 309 g/mol. The van der Waals surface area contributed by atoms with E-state index < -0.39 is 0 Å². The molecule has 23 heavy (non-hydrogen) atoms. The third-order valence-corrected chi connectivity index (χ3v) is 3.14. The van der Waals surface area contributed by atoms with Gasteiger partial charge in [0.1, 0.15) is 12.4 Å². The predicted molar refractivity (Wildman–Crippen MR) is 87.2 cm³/mol. The molecule has 116 valence electrons. The van der Waals surface area contributed by atoms with Crippen molar-refractivity contribution in [2.24, 2.45) is 0 Å². The van der Waals surface area contributed by atoms with Crippen molar-refractivity contribution in [2.75, 3.05) is 5.32 Å². The topological polar surface area (TPSA) is 47.0 Å². The Morgan fingerprint density at radius 2 is 1.83 bits per heavy atom. The summed E-state index contributed by atoms with van der Waals surface area (Å²) >= 11 is 0.